The van der Waals surface area contributed by atoms with E-state index in [2.05, 4.69) is 0 Å². The van der Waals surface area contributed by atoms with E-state index >= 15 is 0 Å². The first-order chi connectivity index (χ1) is 19.3. The van der Waals surface area contributed by atoms with Crippen LogP contribution in [0.4, 0.5) is 10.1 Å². The zero-order valence-electron chi connectivity index (χ0n) is 22.6. The largest absolute Gasteiger partial charge is 0.481 e. The lowest BCUT2D eigenvalue weighted by atomic mass is 10.0. The van der Waals surface area contributed by atoms with Crippen molar-refractivity contribution in [1.29, 1.82) is 0 Å². The first-order valence-corrected chi connectivity index (χ1v) is 13.7. The van der Waals surface area contributed by atoms with Gasteiger partial charge in [-0.1, -0.05) is 35.9 Å². The maximum Gasteiger partial charge on any atom is 0.303 e. The van der Waals surface area contributed by atoms with Crippen LogP contribution in [0.2, 0.25) is 5.02 Å². The van der Waals surface area contributed by atoms with Gasteiger partial charge in [-0.05, 0) is 68.7 Å². The van der Waals surface area contributed by atoms with E-state index in [9.17, 15) is 14.0 Å². The molecule has 208 valence electrons. The van der Waals surface area contributed by atoms with Crippen LogP contribution in [-0.2, 0) is 11.2 Å². The topological polar surface area (TPSA) is 86.6 Å². The van der Waals surface area contributed by atoms with Crippen LogP contribution in [0.15, 0.2) is 66.7 Å². The number of carboxylic acid groups (broad SMARTS) is 1. The van der Waals surface area contributed by atoms with Crippen LogP contribution >= 0.6 is 11.6 Å². The first-order valence-electron chi connectivity index (χ1n) is 13.3. The molecule has 0 radical (unpaired) electrons. The smallest absolute Gasteiger partial charge is 0.303 e. The number of para-hydroxylation sites is 1. The summed E-state index contributed by atoms with van der Waals surface area (Å²) in [5.74, 6) is -1.27. The molecule has 7 nitrogen and oxygen atoms in total. The molecule has 0 fully saturated rings. The highest BCUT2D eigenvalue weighted by molar-refractivity contribution is 6.30. The van der Waals surface area contributed by atoms with Crippen LogP contribution in [0.5, 0.6) is 0 Å². The summed E-state index contributed by atoms with van der Waals surface area (Å²) in [6, 6.07) is 19.2. The third-order valence-corrected chi connectivity index (χ3v) is 7.05. The summed E-state index contributed by atoms with van der Waals surface area (Å²) >= 11 is 6.08. The van der Waals surface area contributed by atoms with Crippen LogP contribution in [0.1, 0.15) is 42.2 Å². The third kappa shape index (κ3) is 7.12. The predicted molar refractivity (Wildman–Crippen MR) is 156 cm³/mol. The second kappa shape index (κ2) is 13.3. The zero-order chi connectivity index (χ0) is 28.6. The summed E-state index contributed by atoms with van der Waals surface area (Å²) < 4.78 is 14.2. The molecule has 3 aromatic carbocycles. The van der Waals surface area contributed by atoms with Crippen molar-refractivity contribution in [3.8, 4) is 11.3 Å². The van der Waals surface area contributed by atoms with E-state index < -0.39 is 5.97 Å². The number of unbranched alkanes of at least 4 members (excludes halogenated alkanes) is 1. The number of nitrogens with zero attached hydrogens (tertiary/aromatic N) is 4. The van der Waals surface area contributed by atoms with Crippen LogP contribution in [0, 0.1) is 5.82 Å². The third-order valence-electron chi connectivity index (χ3n) is 6.79. The van der Waals surface area contributed by atoms with Crippen molar-refractivity contribution >= 4 is 40.2 Å². The van der Waals surface area contributed by atoms with E-state index in [4.69, 9.17) is 26.7 Å². The lowest BCUT2D eigenvalue weighted by molar-refractivity contribution is -0.137. The second-order valence-corrected chi connectivity index (χ2v) is 10.0. The van der Waals surface area contributed by atoms with Crippen molar-refractivity contribution in [1.82, 2.24) is 14.9 Å². The zero-order valence-corrected chi connectivity index (χ0v) is 23.4. The Balaban J connectivity index is 1.58. The molecule has 40 heavy (non-hydrogen) atoms. The summed E-state index contributed by atoms with van der Waals surface area (Å²) in [7, 11) is 1.80. The average Bonchev–Trinajstić information content (AvgIpc) is 2.95. The molecule has 4 rings (SSSR count). The Bertz CT molecular complexity index is 1500. The number of aryl methyl sites for hydroxylation is 1. The van der Waals surface area contributed by atoms with Gasteiger partial charge in [0, 0.05) is 49.3 Å². The Hall–Kier alpha value is -4.04. The van der Waals surface area contributed by atoms with Gasteiger partial charge in [0.15, 0.2) is 0 Å². The number of carbonyl (C=O) groups excluding carboxylic acids is 1. The summed E-state index contributed by atoms with van der Waals surface area (Å²) in [4.78, 5) is 37.7. The van der Waals surface area contributed by atoms with Gasteiger partial charge in [0.2, 0.25) is 0 Å². The number of aliphatic carboxylic acids is 1. The molecule has 0 aliphatic carbocycles. The minimum Gasteiger partial charge on any atom is -0.481 e. The molecular formula is C31H32ClFN4O3. The molecule has 0 saturated heterocycles. The first kappa shape index (κ1) is 29.0. The quantitative estimate of drug-likeness (QED) is 0.199. The molecule has 1 aromatic heterocycles. The van der Waals surface area contributed by atoms with Gasteiger partial charge in [0.1, 0.15) is 5.82 Å². The lowest BCUT2D eigenvalue weighted by Crippen LogP contribution is -2.37. The number of carbonyl (C=O) groups is 2. The van der Waals surface area contributed by atoms with E-state index in [-0.39, 0.29) is 18.1 Å². The highest BCUT2D eigenvalue weighted by Gasteiger charge is 2.18. The van der Waals surface area contributed by atoms with Gasteiger partial charge in [-0.15, -0.1) is 0 Å². The van der Waals surface area contributed by atoms with Crippen molar-refractivity contribution in [2.24, 2.45) is 0 Å². The van der Waals surface area contributed by atoms with Crippen molar-refractivity contribution in [3.63, 3.8) is 0 Å². The highest BCUT2D eigenvalue weighted by atomic mass is 35.5. The van der Waals surface area contributed by atoms with E-state index in [1.165, 1.54) is 6.07 Å². The molecule has 4 aromatic rings. The number of anilines is 1. The Morgan fingerprint density at radius 1 is 0.950 bits per heavy atom. The van der Waals surface area contributed by atoms with Gasteiger partial charge in [0.05, 0.1) is 28.1 Å². The van der Waals surface area contributed by atoms with Gasteiger partial charge < -0.3 is 14.9 Å². The minimum atomic E-state index is -0.828. The Morgan fingerprint density at radius 3 is 2.40 bits per heavy atom. The number of rotatable bonds is 12. The molecule has 0 aliphatic heterocycles. The molecule has 9 heteroatoms. The number of likely N-dealkylation sites (N-methyl/N-ethyl adjacent to an activating group) is 2. The fourth-order valence-electron chi connectivity index (χ4n) is 4.54. The fourth-order valence-corrected chi connectivity index (χ4v) is 4.67. The maximum atomic E-state index is 14.2. The Labute approximate surface area is 238 Å². The van der Waals surface area contributed by atoms with Crippen molar-refractivity contribution in [3.05, 3.63) is 88.8 Å². The number of hydrogen-bond donors (Lipinski definition) is 1. The molecular weight excluding hydrogens is 531 g/mol. The summed E-state index contributed by atoms with van der Waals surface area (Å²) in [6.45, 7) is 3.31. The minimum absolute atomic E-state index is 0.0922. The van der Waals surface area contributed by atoms with Crippen LogP contribution < -0.4 is 4.90 Å². The van der Waals surface area contributed by atoms with Crippen molar-refractivity contribution < 1.29 is 19.1 Å². The van der Waals surface area contributed by atoms with Crippen LogP contribution in [0.25, 0.3) is 22.3 Å². The molecule has 1 N–H and O–H groups in total. The fraction of sp³-hybridized carbons (Fsp3) is 0.290. The second-order valence-electron chi connectivity index (χ2n) is 9.59. The normalized spacial score (nSPS) is 11.0. The Kier molecular flexibility index (Phi) is 9.66. The van der Waals surface area contributed by atoms with E-state index in [1.807, 2.05) is 19.1 Å². The van der Waals surface area contributed by atoms with Gasteiger partial charge in [0.25, 0.3) is 5.91 Å². The van der Waals surface area contributed by atoms with Crippen LogP contribution in [0.3, 0.4) is 0 Å². The number of halogens is 2. The molecule has 0 aliphatic rings. The van der Waals surface area contributed by atoms with Crippen LogP contribution in [-0.4, -0.2) is 58.5 Å². The molecule has 0 saturated carbocycles. The molecule has 1 heterocycles. The standard InChI is InChI=1S/C31H32ClFN4O3/c1-3-37(19-18-36(2)28-10-6-4-8-24(28)33)31(40)22-14-17-25-27(20-22)34-26(9-5-7-11-29(38)39)30(35-25)21-12-15-23(32)16-13-21/h4,6,8,10,12-17,20H,3,5,7,9,11,18-19H2,1-2H3,(H,38,39). The highest BCUT2D eigenvalue weighted by Crippen LogP contribution is 2.27. The summed E-state index contributed by atoms with van der Waals surface area (Å²) in [6.07, 6.45) is 1.82. The van der Waals surface area contributed by atoms with Crippen molar-refractivity contribution in [2.75, 3.05) is 31.6 Å². The van der Waals surface area contributed by atoms with Crippen molar-refractivity contribution in [2.45, 2.75) is 32.6 Å². The molecule has 1 amide bonds. The number of carboxylic acids is 1. The molecule has 0 unspecified atom stereocenters. The van der Waals surface area contributed by atoms with Gasteiger partial charge >= 0.3 is 5.97 Å². The SMILES string of the molecule is CCN(CCN(C)c1ccccc1F)C(=O)c1ccc2nc(-c3ccc(Cl)cc3)c(CCCCC(=O)O)nc2c1. The molecule has 0 spiro atoms. The molecule has 0 bridgehead atoms. The summed E-state index contributed by atoms with van der Waals surface area (Å²) in [5, 5.41) is 9.62. The average molecular weight is 563 g/mol. The van der Waals surface area contributed by atoms with E-state index in [0.29, 0.717) is 71.9 Å². The monoisotopic (exact) mass is 562 g/mol. The maximum absolute atomic E-state index is 14.2. The number of benzene rings is 3. The van der Waals surface area contributed by atoms with Gasteiger partial charge in [-0.3, -0.25) is 9.59 Å². The van der Waals surface area contributed by atoms with Gasteiger partial charge in [-0.25, -0.2) is 14.4 Å². The van der Waals surface area contributed by atoms with Gasteiger partial charge in [-0.2, -0.15) is 0 Å². The lowest BCUT2D eigenvalue weighted by Gasteiger charge is -2.26. The predicted octanol–water partition coefficient (Wildman–Crippen LogP) is 6.49. The summed E-state index contributed by atoms with van der Waals surface area (Å²) in [5.41, 5.74) is 4.54. The molecule has 0 atom stereocenters. The van der Waals surface area contributed by atoms with E-state index in [0.717, 1.165) is 11.3 Å². The Morgan fingerprint density at radius 2 is 1.70 bits per heavy atom. The number of fused-ring (bicyclic) bond motifs is 1. The number of aromatic nitrogens is 2. The number of hydrogen-bond acceptors (Lipinski definition) is 5. The van der Waals surface area contributed by atoms with E-state index in [1.54, 1.807) is 65.4 Å². The number of amides is 1.